The van der Waals surface area contributed by atoms with Gasteiger partial charge < -0.3 is 5.73 Å². The summed E-state index contributed by atoms with van der Waals surface area (Å²) in [6.07, 6.45) is 1.88. The van der Waals surface area contributed by atoms with E-state index in [0.29, 0.717) is 6.54 Å². The lowest BCUT2D eigenvalue weighted by atomic mass is 10.1. The summed E-state index contributed by atoms with van der Waals surface area (Å²) in [6, 6.07) is 4.14. The van der Waals surface area contributed by atoms with Crippen molar-refractivity contribution in [3.8, 4) is 0 Å². The van der Waals surface area contributed by atoms with Crippen LogP contribution in [0.25, 0.3) is 10.9 Å². The molecule has 0 radical (unpaired) electrons. The van der Waals surface area contributed by atoms with E-state index >= 15 is 0 Å². The van der Waals surface area contributed by atoms with Gasteiger partial charge in [0.05, 0.1) is 11.7 Å². The van der Waals surface area contributed by atoms with Crippen molar-refractivity contribution in [3.05, 3.63) is 29.5 Å². The zero-order valence-corrected chi connectivity index (χ0v) is 7.91. The van der Waals surface area contributed by atoms with Crippen LogP contribution in [0.5, 0.6) is 0 Å². The van der Waals surface area contributed by atoms with E-state index in [0.717, 1.165) is 0 Å². The lowest BCUT2D eigenvalue weighted by molar-refractivity contribution is 0.793. The molecule has 1 aromatic carbocycles. The van der Waals surface area contributed by atoms with Crippen LogP contribution in [0.15, 0.2) is 18.3 Å². The third kappa shape index (κ3) is 1.12. The van der Waals surface area contributed by atoms with Gasteiger partial charge in [0.15, 0.2) is 0 Å². The first-order chi connectivity index (χ1) is 6.24. The smallest absolute Gasteiger partial charge is 0.0711 e. The van der Waals surface area contributed by atoms with Crippen molar-refractivity contribution in [3.63, 3.8) is 0 Å². The van der Waals surface area contributed by atoms with Crippen molar-refractivity contribution in [1.29, 1.82) is 0 Å². The molecule has 68 valence electrons. The van der Waals surface area contributed by atoms with E-state index in [1.807, 2.05) is 17.9 Å². The first-order valence-electron chi connectivity index (χ1n) is 4.34. The average Bonchev–Trinajstić information content (AvgIpc) is 2.49. The Balaban J connectivity index is 2.83. The van der Waals surface area contributed by atoms with Crippen LogP contribution in [-0.2, 0) is 13.6 Å². The second-order valence-electron chi connectivity index (χ2n) is 3.26. The molecule has 3 heteroatoms. The Kier molecular flexibility index (Phi) is 1.81. The highest BCUT2D eigenvalue weighted by Gasteiger charge is 2.05. The molecule has 0 aliphatic heterocycles. The molecule has 0 saturated carbocycles. The predicted octanol–water partition coefficient (Wildman–Crippen LogP) is 1.34. The van der Waals surface area contributed by atoms with Crippen LogP contribution in [0.2, 0.25) is 0 Å². The SMILES string of the molecule is Cc1c(CN)ccc2cnn(C)c12. The van der Waals surface area contributed by atoms with Gasteiger partial charge in [-0.3, -0.25) is 4.68 Å². The molecule has 2 aromatic rings. The molecule has 0 saturated heterocycles. The molecule has 0 fully saturated rings. The number of nitrogens with zero attached hydrogens (tertiary/aromatic N) is 2. The van der Waals surface area contributed by atoms with E-state index in [4.69, 9.17) is 5.73 Å². The summed E-state index contributed by atoms with van der Waals surface area (Å²) < 4.78 is 1.89. The number of aryl methyl sites for hydroxylation is 2. The highest BCUT2D eigenvalue weighted by molar-refractivity contribution is 5.82. The molecule has 0 amide bonds. The Morgan fingerprint density at radius 1 is 1.46 bits per heavy atom. The van der Waals surface area contributed by atoms with E-state index in [-0.39, 0.29) is 0 Å². The first-order valence-corrected chi connectivity index (χ1v) is 4.34. The van der Waals surface area contributed by atoms with Crippen molar-refractivity contribution in [2.75, 3.05) is 0 Å². The molecule has 0 bridgehead atoms. The molecule has 13 heavy (non-hydrogen) atoms. The molecule has 3 nitrogen and oxygen atoms in total. The van der Waals surface area contributed by atoms with Gasteiger partial charge in [0.1, 0.15) is 0 Å². The second-order valence-corrected chi connectivity index (χ2v) is 3.26. The van der Waals surface area contributed by atoms with Gasteiger partial charge in [-0.05, 0) is 18.1 Å². The number of hydrogen-bond donors (Lipinski definition) is 1. The Bertz CT molecular complexity index is 443. The van der Waals surface area contributed by atoms with E-state index in [1.165, 1.54) is 22.0 Å². The van der Waals surface area contributed by atoms with E-state index in [1.54, 1.807) is 0 Å². The van der Waals surface area contributed by atoms with Gasteiger partial charge in [-0.15, -0.1) is 0 Å². The summed E-state index contributed by atoms with van der Waals surface area (Å²) in [7, 11) is 1.95. The third-order valence-electron chi connectivity index (χ3n) is 2.49. The minimum atomic E-state index is 0.590. The Hall–Kier alpha value is -1.35. The van der Waals surface area contributed by atoms with Gasteiger partial charge in [0.25, 0.3) is 0 Å². The van der Waals surface area contributed by atoms with Gasteiger partial charge in [0.2, 0.25) is 0 Å². The predicted molar refractivity (Wildman–Crippen MR) is 53.3 cm³/mol. The monoisotopic (exact) mass is 175 g/mol. The molecule has 1 heterocycles. The number of nitrogens with two attached hydrogens (primary N) is 1. The number of fused-ring (bicyclic) bond motifs is 1. The van der Waals surface area contributed by atoms with Crippen LogP contribution in [-0.4, -0.2) is 9.78 Å². The van der Waals surface area contributed by atoms with Crippen LogP contribution in [0.1, 0.15) is 11.1 Å². The maximum atomic E-state index is 5.63. The van der Waals surface area contributed by atoms with Crippen LogP contribution in [0, 0.1) is 6.92 Å². The van der Waals surface area contributed by atoms with Gasteiger partial charge in [-0.25, -0.2) is 0 Å². The zero-order chi connectivity index (χ0) is 9.42. The topological polar surface area (TPSA) is 43.8 Å². The highest BCUT2D eigenvalue weighted by Crippen LogP contribution is 2.20. The van der Waals surface area contributed by atoms with Crippen LogP contribution in [0.3, 0.4) is 0 Å². The van der Waals surface area contributed by atoms with Gasteiger partial charge in [0, 0.05) is 19.0 Å². The number of hydrogen-bond acceptors (Lipinski definition) is 2. The molecule has 0 aliphatic carbocycles. The fourth-order valence-electron chi connectivity index (χ4n) is 1.72. The second kappa shape index (κ2) is 2.85. The molecule has 1 aromatic heterocycles. The fraction of sp³-hybridized carbons (Fsp3) is 0.300. The van der Waals surface area contributed by atoms with Gasteiger partial charge >= 0.3 is 0 Å². The molecular weight excluding hydrogens is 162 g/mol. The number of rotatable bonds is 1. The lowest BCUT2D eigenvalue weighted by Gasteiger charge is -2.05. The summed E-state index contributed by atoms with van der Waals surface area (Å²) in [4.78, 5) is 0. The van der Waals surface area contributed by atoms with Crippen molar-refractivity contribution >= 4 is 10.9 Å². The molecule has 0 unspecified atom stereocenters. The van der Waals surface area contributed by atoms with Crippen LogP contribution >= 0.6 is 0 Å². The molecule has 0 spiro atoms. The van der Waals surface area contributed by atoms with Crippen molar-refractivity contribution in [1.82, 2.24) is 9.78 Å². The molecule has 0 aliphatic rings. The van der Waals surface area contributed by atoms with Crippen molar-refractivity contribution < 1.29 is 0 Å². The van der Waals surface area contributed by atoms with Gasteiger partial charge in [-0.2, -0.15) is 5.10 Å². The number of aromatic nitrogens is 2. The quantitative estimate of drug-likeness (QED) is 0.710. The molecule has 0 atom stereocenters. The van der Waals surface area contributed by atoms with E-state index in [2.05, 4.69) is 24.2 Å². The summed E-state index contributed by atoms with van der Waals surface area (Å²) in [5.74, 6) is 0. The lowest BCUT2D eigenvalue weighted by Crippen LogP contribution is -2.01. The van der Waals surface area contributed by atoms with Gasteiger partial charge in [-0.1, -0.05) is 12.1 Å². The third-order valence-corrected chi connectivity index (χ3v) is 2.49. The minimum absolute atomic E-state index is 0.590. The first kappa shape index (κ1) is 8.26. The average molecular weight is 175 g/mol. The minimum Gasteiger partial charge on any atom is -0.326 e. The highest BCUT2D eigenvalue weighted by atomic mass is 15.2. The maximum absolute atomic E-state index is 5.63. The fourth-order valence-corrected chi connectivity index (χ4v) is 1.72. The van der Waals surface area contributed by atoms with E-state index in [9.17, 15) is 0 Å². The van der Waals surface area contributed by atoms with Crippen LogP contribution < -0.4 is 5.73 Å². The van der Waals surface area contributed by atoms with E-state index < -0.39 is 0 Å². The summed E-state index contributed by atoms with van der Waals surface area (Å²) in [5, 5.41) is 5.39. The maximum Gasteiger partial charge on any atom is 0.0711 e. The number of benzene rings is 1. The largest absolute Gasteiger partial charge is 0.326 e. The summed E-state index contributed by atoms with van der Waals surface area (Å²) >= 11 is 0. The van der Waals surface area contributed by atoms with Crippen molar-refractivity contribution in [2.45, 2.75) is 13.5 Å². The zero-order valence-electron chi connectivity index (χ0n) is 7.91. The Morgan fingerprint density at radius 3 is 2.92 bits per heavy atom. The Morgan fingerprint density at radius 2 is 2.23 bits per heavy atom. The molecular formula is C10H13N3. The molecule has 2 N–H and O–H groups in total. The normalized spacial score (nSPS) is 11.0. The summed E-state index contributed by atoms with van der Waals surface area (Å²) in [6.45, 7) is 2.68. The standard InChI is InChI=1S/C10H13N3/c1-7-8(5-11)3-4-9-6-12-13(2)10(7)9/h3-4,6H,5,11H2,1-2H3. The summed E-state index contributed by atoms with van der Waals surface area (Å²) in [5.41, 5.74) is 9.24. The Labute approximate surface area is 77.2 Å². The van der Waals surface area contributed by atoms with Crippen LogP contribution in [0.4, 0.5) is 0 Å². The molecule has 2 rings (SSSR count). The van der Waals surface area contributed by atoms with Crippen molar-refractivity contribution in [2.24, 2.45) is 12.8 Å².